The Morgan fingerprint density at radius 2 is 1.67 bits per heavy atom. The predicted octanol–water partition coefficient (Wildman–Crippen LogP) is 4.34. The molecule has 0 aliphatic rings. The first-order valence-electron chi connectivity index (χ1n) is 8.83. The summed E-state index contributed by atoms with van der Waals surface area (Å²) in [7, 11) is 0. The van der Waals surface area contributed by atoms with E-state index in [4.69, 9.17) is 0 Å². The van der Waals surface area contributed by atoms with Crippen LogP contribution >= 0.6 is 0 Å². The monoisotopic (exact) mass is 295 g/mol. The highest BCUT2D eigenvalue weighted by Crippen LogP contribution is 2.18. The first kappa shape index (κ1) is 20.4. The van der Waals surface area contributed by atoms with E-state index in [-0.39, 0.29) is 5.54 Å². The molecule has 124 valence electrons. The van der Waals surface area contributed by atoms with E-state index in [1.165, 1.54) is 25.8 Å². The molecule has 3 nitrogen and oxygen atoms in total. The molecule has 0 aliphatic heterocycles. The van der Waals surface area contributed by atoms with Gasteiger partial charge in [-0.05, 0) is 66.5 Å². The van der Waals surface area contributed by atoms with E-state index < -0.39 is 0 Å². The van der Waals surface area contributed by atoms with E-state index in [1.54, 1.807) is 0 Å². The zero-order chi connectivity index (χ0) is 16.3. The van der Waals surface area contributed by atoms with Gasteiger partial charge >= 0.3 is 0 Å². The van der Waals surface area contributed by atoms with E-state index in [2.05, 4.69) is 57.8 Å². The molecular formula is C18H37N3. The van der Waals surface area contributed by atoms with Crippen LogP contribution in [0.1, 0.15) is 80.1 Å². The summed E-state index contributed by atoms with van der Waals surface area (Å²) in [5.41, 5.74) is -0.347. The number of nitriles is 1. The van der Waals surface area contributed by atoms with Crippen molar-refractivity contribution in [1.29, 1.82) is 5.26 Å². The molecule has 0 aliphatic carbocycles. The van der Waals surface area contributed by atoms with Crippen LogP contribution in [0.15, 0.2) is 0 Å². The Morgan fingerprint density at radius 1 is 1.05 bits per heavy atom. The third kappa shape index (κ3) is 8.44. The number of unbranched alkanes of at least 4 members (excludes halogenated alkanes) is 2. The summed E-state index contributed by atoms with van der Waals surface area (Å²) in [4.78, 5) is 2.56. The predicted molar refractivity (Wildman–Crippen MR) is 92.4 cm³/mol. The Morgan fingerprint density at radius 3 is 2.10 bits per heavy atom. The second-order valence-corrected chi connectivity index (χ2v) is 6.79. The lowest BCUT2D eigenvalue weighted by atomic mass is 9.91. The minimum absolute atomic E-state index is 0.347. The van der Waals surface area contributed by atoms with E-state index in [1.807, 2.05) is 0 Å². The van der Waals surface area contributed by atoms with Crippen LogP contribution in [0, 0.1) is 11.3 Å². The van der Waals surface area contributed by atoms with Gasteiger partial charge in [-0.1, -0.05) is 26.7 Å². The zero-order valence-corrected chi connectivity index (χ0v) is 15.2. The lowest BCUT2D eigenvalue weighted by Gasteiger charge is -2.31. The largest absolute Gasteiger partial charge is 0.301 e. The van der Waals surface area contributed by atoms with Gasteiger partial charge in [0, 0.05) is 12.1 Å². The van der Waals surface area contributed by atoms with Crippen molar-refractivity contribution in [3.05, 3.63) is 0 Å². The fourth-order valence-corrected chi connectivity index (χ4v) is 2.85. The van der Waals surface area contributed by atoms with Crippen LogP contribution in [0.4, 0.5) is 0 Å². The van der Waals surface area contributed by atoms with Crippen LogP contribution < -0.4 is 5.32 Å². The number of hydrogen-bond acceptors (Lipinski definition) is 3. The average molecular weight is 296 g/mol. The molecule has 3 heteroatoms. The van der Waals surface area contributed by atoms with Gasteiger partial charge in [0.15, 0.2) is 0 Å². The lowest BCUT2D eigenvalue weighted by molar-refractivity contribution is 0.203. The van der Waals surface area contributed by atoms with Crippen molar-refractivity contribution in [2.45, 2.75) is 97.7 Å². The topological polar surface area (TPSA) is 39.1 Å². The highest BCUT2D eigenvalue weighted by Gasteiger charge is 2.28. The molecule has 0 rings (SSSR count). The number of hydrogen-bond donors (Lipinski definition) is 1. The van der Waals surface area contributed by atoms with Crippen LogP contribution in [0.5, 0.6) is 0 Å². The Bertz CT molecular complexity index is 293. The summed E-state index contributed by atoms with van der Waals surface area (Å²) < 4.78 is 0. The van der Waals surface area contributed by atoms with Crippen LogP contribution in [0.3, 0.4) is 0 Å². The third-order valence-corrected chi connectivity index (χ3v) is 4.21. The van der Waals surface area contributed by atoms with Gasteiger partial charge in [0.05, 0.1) is 6.07 Å². The SMILES string of the molecule is CCCCCN(CCCC(C#N)(CC)NC(C)C)C(C)C. The molecule has 1 N–H and O–H groups in total. The maximum atomic E-state index is 9.55. The first-order valence-corrected chi connectivity index (χ1v) is 8.83. The van der Waals surface area contributed by atoms with Gasteiger partial charge in [-0.3, -0.25) is 5.32 Å². The van der Waals surface area contributed by atoms with Gasteiger partial charge in [0.25, 0.3) is 0 Å². The van der Waals surface area contributed by atoms with E-state index >= 15 is 0 Å². The van der Waals surface area contributed by atoms with Crippen molar-refractivity contribution in [1.82, 2.24) is 10.2 Å². The Hall–Kier alpha value is -0.590. The van der Waals surface area contributed by atoms with Gasteiger partial charge in [0.1, 0.15) is 5.54 Å². The summed E-state index contributed by atoms with van der Waals surface area (Å²) in [6.45, 7) is 15.4. The fourth-order valence-electron chi connectivity index (χ4n) is 2.85. The Balaban J connectivity index is 4.35. The summed E-state index contributed by atoms with van der Waals surface area (Å²) in [5.74, 6) is 0. The summed E-state index contributed by atoms with van der Waals surface area (Å²) in [5, 5.41) is 13.0. The summed E-state index contributed by atoms with van der Waals surface area (Å²) in [6.07, 6.45) is 6.78. The number of nitrogens with zero attached hydrogens (tertiary/aromatic N) is 2. The average Bonchev–Trinajstić information content (AvgIpc) is 2.43. The van der Waals surface area contributed by atoms with Gasteiger partial charge < -0.3 is 4.90 Å². The molecule has 0 bridgehead atoms. The third-order valence-electron chi connectivity index (χ3n) is 4.21. The van der Waals surface area contributed by atoms with Crippen LogP contribution in [0.2, 0.25) is 0 Å². The van der Waals surface area contributed by atoms with E-state index in [0.717, 1.165) is 25.8 Å². The smallest absolute Gasteiger partial charge is 0.106 e. The highest BCUT2D eigenvalue weighted by molar-refractivity contribution is 5.06. The Labute approximate surface area is 133 Å². The van der Waals surface area contributed by atoms with Crippen LogP contribution in [0.25, 0.3) is 0 Å². The molecule has 1 unspecified atom stereocenters. The van der Waals surface area contributed by atoms with E-state index in [9.17, 15) is 5.26 Å². The molecule has 0 radical (unpaired) electrons. The molecule has 0 heterocycles. The van der Waals surface area contributed by atoms with Gasteiger partial charge in [0.2, 0.25) is 0 Å². The molecule has 0 saturated carbocycles. The van der Waals surface area contributed by atoms with Crippen molar-refractivity contribution >= 4 is 0 Å². The van der Waals surface area contributed by atoms with Crippen LogP contribution in [-0.4, -0.2) is 35.6 Å². The fraction of sp³-hybridized carbons (Fsp3) is 0.944. The normalized spacial score (nSPS) is 14.7. The zero-order valence-electron chi connectivity index (χ0n) is 15.2. The second kappa shape index (κ2) is 11.0. The quantitative estimate of drug-likeness (QED) is 0.544. The molecule has 1 atom stereocenters. The van der Waals surface area contributed by atoms with Crippen LogP contribution in [-0.2, 0) is 0 Å². The number of rotatable bonds is 12. The van der Waals surface area contributed by atoms with Gasteiger partial charge in [-0.15, -0.1) is 0 Å². The lowest BCUT2D eigenvalue weighted by Crippen LogP contribution is -2.47. The van der Waals surface area contributed by atoms with E-state index in [0.29, 0.717) is 12.1 Å². The van der Waals surface area contributed by atoms with Crippen molar-refractivity contribution in [3.63, 3.8) is 0 Å². The van der Waals surface area contributed by atoms with Crippen molar-refractivity contribution < 1.29 is 0 Å². The van der Waals surface area contributed by atoms with Crippen molar-refractivity contribution in [2.24, 2.45) is 0 Å². The summed E-state index contributed by atoms with van der Waals surface area (Å²) in [6, 6.07) is 3.47. The molecule has 0 fully saturated rings. The highest BCUT2D eigenvalue weighted by atomic mass is 15.1. The molecule has 21 heavy (non-hydrogen) atoms. The minimum Gasteiger partial charge on any atom is -0.301 e. The molecule has 0 aromatic rings. The first-order chi connectivity index (χ1) is 9.90. The summed E-state index contributed by atoms with van der Waals surface area (Å²) >= 11 is 0. The molecular weight excluding hydrogens is 258 g/mol. The van der Waals surface area contributed by atoms with Crippen molar-refractivity contribution in [2.75, 3.05) is 13.1 Å². The number of nitrogens with one attached hydrogen (secondary N) is 1. The second-order valence-electron chi connectivity index (χ2n) is 6.79. The van der Waals surface area contributed by atoms with Gasteiger partial charge in [-0.2, -0.15) is 5.26 Å². The van der Waals surface area contributed by atoms with Gasteiger partial charge in [-0.25, -0.2) is 0 Å². The minimum atomic E-state index is -0.347. The molecule has 0 aromatic heterocycles. The molecule has 0 aromatic carbocycles. The molecule has 0 spiro atoms. The standard InChI is InChI=1S/C18H37N3/c1-7-9-10-13-21(17(5)6)14-11-12-18(8-2,15-19)20-16(3)4/h16-17,20H,7-14H2,1-6H3. The maximum absolute atomic E-state index is 9.55. The maximum Gasteiger partial charge on any atom is 0.106 e. The molecule has 0 amide bonds. The van der Waals surface area contributed by atoms with Crippen molar-refractivity contribution in [3.8, 4) is 6.07 Å². The molecule has 0 saturated heterocycles. The Kier molecular flexibility index (Phi) is 10.7.